The second-order valence-corrected chi connectivity index (χ2v) is 5.92. The summed E-state index contributed by atoms with van der Waals surface area (Å²) in [5, 5.41) is 17.2. The number of amides is 1. The van der Waals surface area contributed by atoms with Gasteiger partial charge in [-0.1, -0.05) is 30.3 Å². The first-order chi connectivity index (χ1) is 13.7. The van der Waals surface area contributed by atoms with Crippen LogP contribution in [0.1, 0.15) is 16.2 Å². The van der Waals surface area contributed by atoms with Gasteiger partial charge >= 0.3 is 5.97 Å². The summed E-state index contributed by atoms with van der Waals surface area (Å²) in [6.45, 7) is 0. The average molecular weight is 373 g/mol. The Morgan fingerprint density at radius 1 is 1.11 bits per heavy atom. The molecule has 0 unspecified atom stereocenters. The van der Waals surface area contributed by atoms with Gasteiger partial charge < -0.3 is 10.1 Å². The van der Waals surface area contributed by atoms with Gasteiger partial charge in [0.2, 0.25) is 5.91 Å². The highest BCUT2D eigenvalue weighted by atomic mass is 16.5. The number of hydrogen-bond acceptors (Lipinski definition) is 6. The Morgan fingerprint density at radius 3 is 2.82 bits per heavy atom. The monoisotopic (exact) mass is 373 g/mol. The smallest absolute Gasteiger partial charge is 0.337 e. The van der Waals surface area contributed by atoms with Gasteiger partial charge in [0.25, 0.3) is 0 Å². The normalized spacial score (nSPS) is 11.2. The van der Waals surface area contributed by atoms with E-state index in [9.17, 15) is 9.59 Å². The van der Waals surface area contributed by atoms with Crippen molar-refractivity contribution in [2.45, 2.75) is 0 Å². The molecule has 1 amide bonds. The van der Waals surface area contributed by atoms with Crippen LogP contribution in [-0.2, 0) is 9.53 Å². The van der Waals surface area contributed by atoms with Gasteiger partial charge in [-0.2, -0.15) is 9.61 Å². The van der Waals surface area contributed by atoms with Crippen molar-refractivity contribution in [3.63, 3.8) is 0 Å². The van der Waals surface area contributed by atoms with Crippen molar-refractivity contribution in [3.05, 3.63) is 72.2 Å². The molecule has 28 heavy (non-hydrogen) atoms. The van der Waals surface area contributed by atoms with E-state index in [-0.39, 0.29) is 5.91 Å². The van der Waals surface area contributed by atoms with Gasteiger partial charge in [0.15, 0.2) is 11.5 Å². The zero-order chi connectivity index (χ0) is 19.5. The van der Waals surface area contributed by atoms with Crippen LogP contribution in [0.25, 0.3) is 22.5 Å². The van der Waals surface area contributed by atoms with E-state index in [1.54, 1.807) is 28.9 Å². The highest BCUT2D eigenvalue weighted by molar-refractivity contribution is 6.02. The number of nitrogens with zero attached hydrogens (tertiary/aromatic N) is 4. The van der Waals surface area contributed by atoms with Crippen molar-refractivity contribution >= 4 is 40.1 Å². The average Bonchev–Trinajstić information content (AvgIpc) is 3.15. The van der Waals surface area contributed by atoms with Crippen LogP contribution >= 0.6 is 0 Å². The summed E-state index contributed by atoms with van der Waals surface area (Å²) in [5.74, 6) is -0.418. The van der Waals surface area contributed by atoms with E-state index in [0.717, 1.165) is 10.8 Å². The van der Waals surface area contributed by atoms with Crippen molar-refractivity contribution in [1.82, 2.24) is 19.8 Å². The van der Waals surface area contributed by atoms with E-state index in [2.05, 4.69) is 25.3 Å². The molecule has 0 fully saturated rings. The van der Waals surface area contributed by atoms with Crippen molar-refractivity contribution in [3.8, 4) is 0 Å². The van der Waals surface area contributed by atoms with E-state index in [4.69, 9.17) is 0 Å². The molecule has 4 aromatic rings. The highest BCUT2D eigenvalue weighted by Gasteiger charge is 2.09. The number of nitrogens with one attached hydrogen (secondary N) is 1. The summed E-state index contributed by atoms with van der Waals surface area (Å²) in [4.78, 5) is 23.8. The number of fused-ring (bicyclic) bond motifs is 3. The molecule has 0 atom stereocenters. The molecular weight excluding hydrogens is 358 g/mol. The summed E-state index contributed by atoms with van der Waals surface area (Å²) in [6.07, 6.45) is 4.58. The van der Waals surface area contributed by atoms with Crippen LogP contribution in [0.5, 0.6) is 0 Å². The second-order valence-electron chi connectivity index (χ2n) is 5.92. The predicted octanol–water partition coefficient (Wildman–Crippen LogP) is 2.72. The Kier molecular flexibility index (Phi) is 4.51. The van der Waals surface area contributed by atoms with Crippen molar-refractivity contribution < 1.29 is 14.3 Å². The fourth-order valence-electron chi connectivity index (χ4n) is 2.79. The molecule has 4 rings (SSSR count). The number of rotatable bonds is 4. The standard InChI is InChI=1S/C20H15N5O3/c1-28-20(27)13-6-4-7-15(11-13)22-18(26)10-9-17-23-24-19-16-8-3-2-5-14(16)12-21-25(17)19/h2-12H,1H3,(H,22,26). The fourth-order valence-corrected chi connectivity index (χ4v) is 2.79. The molecular formula is C20H15N5O3. The first-order valence-electron chi connectivity index (χ1n) is 8.42. The minimum absolute atomic E-state index is 0.351. The lowest BCUT2D eigenvalue weighted by atomic mass is 10.2. The zero-order valence-corrected chi connectivity index (χ0v) is 14.9. The molecule has 2 aromatic carbocycles. The fraction of sp³-hybridized carbons (Fsp3) is 0.0500. The molecule has 0 aliphatic heterocycles. The molecule has 0 saturated heterocycles. The Labute approximate surface area is 159 Å². The number of esters is 1. The van der Waals surface area contributed by atoms with Crippen molar-refractivity contribution in [2.75, 3.05) is 12.4 Å². The number of benzene rings is 2. The zero-order valence-electron chi connectivity index (χ0n) is 14.9. The minimum Gasteiger partial charge on any atom is -0.465 e. The van der Waals surface area contributed by atoms with Gasteiger partial charge in [0.1, 0.15) is 0 Å². The Balaban J connectivity index is 1.55. The lowest BCUT2D eigenvalue weighted by Crippen LogP contribution is -2.09. The highest BCUT2D eigenvalue weighted by Crippen LogP contribution is 2.17. The topological polar surface area (TPSA) is 98.5 Å². The third-order valence-corrected chi connectivity index (χ3v) is 4.11. The van der Waals surface area contributed by atoms with Crippen LogP contribution in [-0.4, -0.2) is 38.8 Å². The van der Waals surface area contributed by atoms with Crippen LogP contribution in [0.3, 0.4) is 0 Å². The van der Waals surface area contributed by atoms with E-state index in [1.165, 1.54) is 25.3 Å². The number of carbonyl (C=O) groups excluding carboxylic acids is 2. The first-order valence-corrected chi connectivity index (χ1v) is 8.42. The van der Waals surface area contributed by atoms with Gasteiger partial charge in [-0.3, -0.25) is 4.79 Å². The van der Waals surface area contributed by atoms with Gasteiger partial charge in [0.05, 0.1) is 18.9 Å². The molecule has 2 aromatic heterocycles. The van der Waals surface area contributed by atoms with E-state index in [0.29, 0.717) is 22.7 Å². The van der Waals surface area contributed by atoms with Crippen LogP contribution in [0.15, 0.2) is 60.8 Å². The van der Waals surface area contributed by atoms with Gasteiger partial charge in [-0.25, -0.2) is 4.79 Å². The van der Waals surface area contributed by atoms with Crippen LogP contribution in [0.2, 0.25) is 0 Å². The number of hydrogen-bond donors (Lipinski definition) is 1. The Morgan fingerprint density at radius 2 is 1.96 bits per heavy atom. The SMILES string of the molecule is COC(=O)c1cccc(NC(=O)C=Cc2nnc3c4ccccc4cnn23)c1. The Hall–Kier alpha value is -4.07. The number of methoxy groups -OCH3 is 1. The molecule has 8 heteroatoms. The first kappa shape index (κ1) is 17.3. The third-order valence-electron chi connectivity index (χ3n) is 4.11. The minimum atomic E-state index is -0.472. The molecule has 0 radical (unpaired) electrons. The number of carbonyl (C=O) groups is 2. The van der Waals surface area contributed by atoms with Gasteiger partial charge in [0, 0.05) is 22.5 Å². The van der Waals surface area contributed by atoms with Crippen LogP contribution in [0.4, 0.5) is 5.69 Å². The molecule has 138 valence electrons. The Bertz CT molecular complexity index is 1230. The number of aromatic nitrogens is 4. The molecule has 0 spiro atoms. The molecule has 0 bridgehead atoms. The van der Waals surface area contributed by atoms with E-state index >= 15 is 0 Å². The lowest BCUT2D eigenvalue weighted by molar-refractivity contribution is -0.111. The molecule has 1 N–H and O–H groups in total. The second kappa shape index (κ2) is 7.28. The quantitative estimate of drug-likeness (QED) is 0.436. The van der Waals surface area contributed by atoms with Crippen LogP contribution in [0, 0.1) is 0 Å². The molecule has 0 saturated carbocycles. The summed E-state index contributed by atoms with van der Waals surface area (Å²) in [7, 11) is 1.30. The maximum atomic E-state index is 12.2. The number of anilines is 1. The lowest BCUT2D eigenvalue weighted by Gasteiger charge is -2.04. The molecule has 8 nitrogen and oxygen atoms in total. The van der Waals surface area contributed by atoms with Crippen LogP contribution < -0.4 is 5.32 Å². The summed E-state index contributed by atoms with van der Waals surface area (Å²) in [6, 6.07) is 14.2. The molecule has 0 aliphatic carbocycles. The summed E-state index contributed by atoms with van der Waals surface area (Å²) < 4.78 is 6.25. The maximum Gasteiger partial charge on any atom is 0.337 e. The van der Waals surface area contributed by atoms with Gasteiger partial charge in [-0.05, 0) is 24.3 Å². The third kappa shape index (κ3) is 3.30. The van der Waals surface area contributed by atoms with E-state index in [1.807, 2.05) is 24.3 Å². The van der Waals surface area contributed by atoms with E-state index < -0.39 is 5.97 Å². The largest absolute Gasteiger partial charge is 0.465 e. The molecule has 2 heterocycles. The number of ether oxygens (including phenoxy) is 1. The summed E-state index contributed by atoms with van der Waals surface area (Å²) in [5.41, 5.74) is 1.44. The van der Waals surface area contributed by atoms with Gasteiger partial charge in [-0.15, -0.1) is 10.2 Å². The summed E-state index contributed by atoms with van der Waals surface area (Å²) >= 11 is 0. The molecule has 0 aliphatic rings. The predicted molar refractivity (Wildman–Crippen MR) is 104 cm³/mol. The maximum absolute atomic E-state index is 12.2. The van der Waals surface area contributed by atoms with Crippen molar-refractivity contribution in [2.24, 2.45) is 0 Å². The van der Waals surface area contributed by atoms with Crippen molar-refractivity contribution in [1.29, 1.82) is 0 Å².